The van der Waals surface area contributed by atoms with Crippen molar-refractivity contribution in [3.8, 4) is 35.4 Å². The molecule has 9 nitrogen and oxygen atoms in total. The molecule has 0 spiro atoms. The molecule has 0 saturated carbocycles. The van der Waals surface area contributed by atoms with Crippen molar-refractivity contribution < 1.29 is 0 Å². The summed E-state index contributed by atoms with van der Waals surface area (Å²) in [5.41, 5.74) is 16.8. The Morgan fingerprint density at radius 2 is 1.78 bits per heavy atom. The van der Waals surface area contributed by atoms with Crippen LogP contribution in [0.25, 0.3) is 33.4 Å². The summed E-state index contributed by atoms with van der Waals surface area (Å²) in [6.45, 7) is 40.4. The van der Waals surface area contributed by atoms with E-state index in [1.165, 1.54) is 95.3 Å². The van der Waals surface area contributed by atoms with Crippen molar-refractivity contribution in [1.82, 2.24) is 40.5 Å². The molecule has 10 heteroatoms. The Bertz CT molecular complexity index is 2010. The van der Waals surface area contributed by atoms with Crippen LogP contribution >= 0.6 is 11.3 Å². The first-order valence-corrected chi connectivity index (χ1v) is 26.1. The van der Waals surface area contributed by atoms with E-state index in [1.54, 1.807) is 11.3 Å². The number of pyridine rings is 1. The minimum absolute atomic E-state index is 0.189. The lowest BCUT2D eigenvalue weighted by molar-refractivity contribution is 0.194. The second-order valence-corrected chi connectivity index (χ2v) is 20.6. The molecule has 372 valence electrons. The number of hydrogen-bond donors (Lipinski definition) is 4. The topological polar surface area (TPSA) is 109 Å². The van der Waals surface area contributed by atoms with Gasteiger partial charge in [0.1, 0.15) is 0 Å². The number of rotatable bonds is 22. The van der Waals surface area contributed by atoms with Crippen LogP contribution in [0.1, 0.15) is 123 Å². The van der Waals surface area contributed by atoms with Crippen molar-refractivity contribution in [3.63, 3.8) is 0 Å². The van der Waals surface area contributed by atoms with E-state index in [9.17, 15) is 0 Å². The monoisotopic (exact) mass is 936 g/mol. The summed E-state index contributed by atoms with van der Waals surface area (Å²) in [4.78, 5) is 12.6. The Kier molecular flexibility index (Phi) is 28.1. The average Bonchev–Trinajstić information content (AvgIpc) is 3.98. The van der Waals surface area contributed by atoms with Crippen LogP contribution in [0.4, 0.5) is 0 Å². The van der Waals surface area contributed by atoms with Crippen LogP contribution in [-0.4, -0.2) is 90.4 Å². The molecule has 6 rings (SSSR count). The maximum atomic E-state index is 5.22. The first-order chi connectivity index (χ1) is 32.1. The summed E-state index contributed by atoms with van der Waals surface area (Å²) in [5.74, 6) is 2.12. The zero-order chi connectivity index (χ0) is 49.9. The Labute approximate surface area is 413 Å². The zero-order valence-corrected chi connectivity index (χ0v) is 44.8. The molecule has 2 aliphatic heterocycles. The molecule has 4 aromatic rings. The number of aryl methyl sites for hydroxylation is 1. The summed E-state index contributed by atoms with van der Waals surface area (Å²) in [5, 5.41) is 13.8. The van der Waals surface area contributed by atoms with Gasteiger partial charge in [0.2, 0.25) is 0 Å². The Morgan fingerprint density at radius 3 is 2.30 bits per heavy atom. The fraction of sp³-hybridized carbons (Fsp3) is 0.579. The number of hydrogen-bond acceptors (Lipinski definition) is 9. The van der Waals surface area contributed by atoms with E-state index in [1.807, 2.05) is 12.3 Å². The third-order valence-electron chi connectivity index (χ3n) is 12.5. The standard InChI is InChI=1S/C44H67N5S.C5H12N2.C4H7N.C2H5N.C2H2/c1-12-22-44(9,10)26-38-37-25-35(20-21-40(37)49(15-4)43(38)36-17-16-23-46-42(36)32(7)8)39-30-50-41(47-39)24-33(13-2)27-45-28-34(19-18-31(5)6)29-48(11)14-3;1-7-5-3-2-4-6-7;1-2-4-3-5-4;1-2-3;1-2/h13,16-17,20-21,23,25,30-34,45H,2,12,14-15,18-19,22,24,26-29H2,1,3-11H3;6H,2-5H2,1H3;2,4-5H,1,3H2;2H,1,3H2;1-2H. The van der Waals surface area contributed by atoms with Crippen molar-refractivity contribution in [2.45, 2.75) is 132 Å². The van der Waals surface area contributed by atoms with E-state index >= 15 is 0 Å². The predicted molar refractivity (Wildman–Crippen MR) is 296 cm³/mol. The maximum Gasteiger partial charge on any atom is 0.0938 e. The molecule has 0 amide bonds. The molecule has 2 fully saturated rings. The van der Waals surface area contributed by atoms with E-state index in [-0.39, 0.29) is 5.41 Å². The largest absolute Gasteiger partial charge is 0.405 e. The third kappa shape index (κ3) is 20.6. The van der Waals surface area contributed by atoms with Crippen LogP contribution in [0, 0.1) is 36.0 Å². The molecule has 0 aliphatic carbocycles. The van der Waals surface area contributed by atoms with E-state index in [4.69, 9.17) is 9.97 Å². The van der Waals surface area contributed by atoms with Gasteiger partial charge in [0.05, 0.1) is 22.1 Å². The van der Waals surface area contributed by atoms with Crippen molar-refractivity contribution in [2.24, 2.45) is 28.9 Å². The van der Waals surface area contributed by atoms with Crippen molar-refractivity contribution >= 4 is 22.2 Å². The zero-order valence-electron chi connectivity index (χ0n) is 44.0. The summed E-state index contributed by atoms with van der Waals surface area (Å²) in [7, 11) is 4.32. The van der Waals surface area contributed by atoms with Crippen LogP contribution in [0.3, 0.4) is 0 Å². The second kappa shape index (κ2) is 31.9. The van der Waals surface area contributed by atoms with Crippen LogP contribution in [0.2, 0.25) is 0 Å². The molecule has 2 saturated heterocycles. The number of fused-ring (bicyclic) bond motifs is 1. The summed E-state index contributed by atoms with van der Waals surface area (Å²) < 4.78 is 2.53. The highest BCUT2D eigenvalue weighted by molar-refractivity contribution is 7.09. The SMILES string of the molecule is C#C.C=CC(CNCC(CCC(C)C)CN(C)CC)Cc1nc(-c2ccc3c(c2)c(CC(C)(C)CCC)c(-c2cccnc2C(C)C)n3CC)cs1.C=CC1CN1.C=CN.CN1CCCCN1. The lowest BCUT2D eigenvalue weighted by Gasteiger charge is -2.25. The number of terminal acetylenes is 1. The van der Waals surface area contributed by atoms with Gasteiger partial charge in [-0.1, -0.05) is 93.0 Å². The van der Waals surface area contributed by atoms with Gasteiger partial charge in [-0.15, -0.1) is 37.3 Å². The predicted octanol–water partition coefficient (Wildman–Crippen LogP) is 12.0. The van der Waals surface area contributed by atoms with Gasteiger partial charge in [-0.05, 0) is 124 Å². The first-order valence-electron chi connectivity index (χ1n) is 25.2. The van der Waals surface area contributed by atoms with E-state index < -0.39 is 0 Å². The minimum Gasteiger partial charge on any atom is -0.405 e. The number of benzene rings is 1. The number of nitrogens with one attached hydrogen (secondary N) is 3. The highest BCUT2D eigenvalue weighted by Crippen LogP contribution is 2.42. The number of nitrogens with two attached hydrogens (primary N) is 1. The van der Waals surface area contributed by atoms with Gasteiger partial charge in [0.25, 0.3) is 0 Å². The maximum absolute atomic E-state index is 5.22. The molecule has 5 heterocycles. The molecule has 3 unspecified atom stereocenters. The van der Waals surface area contributed by atoms with E-state index in [2.05, 4.69) is 187 Å². The van der Waals surface area contributed by atoms with Crippen molar-refractivity contribution in [2.75, 3.05) is 59.9 Å². The van der Waals surface area contributed by atoms with Crippen LogP contribution in [0.15, 0.2) is 80.0 Å². The van der Waals surface area contributed by atoms with Crippen molar-refractivity contribution in [3.05, 3.63) is 96.3 Å². The van der Waals surface area contributed by atoms with Gasteiger partial charge < -0.3 is 25.8 Å². The smallest absolute Gasteiger partial charge is 0.0938 e. The van der Waals surface area contributed by atoms with Gasteiger partial charge in [0, 0.05) is 92.4 Å². The van der Waals surface area contributed by atoms with Crippen LogP contribution < -0.4 is 21.8 Å². The lowest BCUT2D eigenvalue weighted by atomic mass is 9.80. The van der Waals surface area contributed by atoms with Gasteiger partial charge in [-0.25, -0.2) is 9.99 Å². The number of thiazole rings is 1. The number of nitrogens with zero attached hydrogens (tertiary/aromatic N) is 5. The van der Waals surface area contributed by atoms with Crippen LogP contribution in [0.5, 0.6) is 0 Å². The Morgan fingerprint density at radius 1 is 1.06 bits per heavy atom. The fourth-order valence-electron chi connectivity index (χ4n) is 8.65. The third-order valence-corrected chi connectivity index (χ3v) is 13.3. The fourth-order valence-corrected chi connectivity index (χ4v) is 9.55. The van der Waals surface area contributed by atoms with E-state index in [0.29, 0.717) is 23.8 Å². The second-order valence-electron chi connectivity index (χ2n) is 19.7. The van der Waals surface area contributed by atoms with Gasteiger partial charge in [0.15, 0.2) is 0 Å². The molecular formula is C57H93N9S. The highest BCUT2D eigenvalue weighted by atomic mass is 32.1. The summed E-state index contributed by atoms with van der Waals surface area (Å²) in [6, 6.07) is 12.1. The molecule has 0 bridgehead atoms. The van der Waals surface area contributed by atoms with Gasteiger partial charge in [-0.2, -0.15) is 0 Å². The molecule has 3 atom stereocenters. The summed E-state index contributed by atoms with van der Waals surface area (Å²) >= 11 is 1.78. The molecule has 2 aliphatic rings. The first kappa shape index (κ1) is 59.0. The summed E-state index contributed by atoms with van der Waals surface area (Å²) in [6.07, 6.45) is 24.8. The van der Waals surface area contributed by atoms with Gasteiger partial charge in [-0.3, -0.25) is 10.4 Å². The number of hydrazine groups is 1. The normalized spacial score (nSPS) is 15.5. The minimum atomic E-state index is 0.189. The molecular weight excluding hydrogens is 843 g/mol. The molecule has 0 radical (unpaired) electrons. The van der Waals surface area contributed by atoms with Gasteiger partial charge >= 0.3 is 0 Å². The van der Waals surface area contributed by atoms with Crippen molar-refractivity contribution in [1.29, 1.82) is 0 Å². The van der Waals surface area contributed by atoms with E-state index in [0.717, 1.165) is 70.3 Å². The molecule has 67 heavy (non-hydrogen) atoms. The molecule has 5 N–H and O–H groups in total. The lowest BCUT2D eigenvalue weighted by Crippen LogP contribution is -2.39. The highest BCUT2D eigenvalue weighted by Gasteiger charge is 2.27. The average molecular weight is 937 g/mol. The molecule has 1 aromatic carbocycles. The van der Waals surface area contributed by atoms with Crippen LogP contribution in [-0.2, 0) is 19.4 Å². The Balaban J connectivity index is 0.000000762. The molecule has 3 aromatic heterocycles. The quantitative estimate of drug-likeness (QED) is 0.0351. The number of aromatic nitrogens is 3. The Hall–Kier alpha value is -4.08.